The molecule has 0 aliphatic carbocycles. The van der Waals surface area contributed by atoms with Crippen LogP contribution in [-0.2, 0) is 19.2 Å². The number of alkyl halides is 4. The summed E-state index contributed by atoms with van der Waals surface area (Å²) in [4.78, 5) is 49.5. The third kappa shape index (κ3) is 11.5. The summed E-state index contributed by atoms with van der Waals surface area (Å²) < 4.78 is 84.2. The Morgan fingerprint density at radius 2 is 1.06 bits per heavy atom. The number of halogens is 7. The minimum absolute atomic E-state index is 0. The lowest BCUT2D eigenvalue weighted by Crippen LogP contribution is -2.46. The first kappa shape index (κ1) is 49.8. The zero-order valence-electron chi connectivity index (χ0n) is 38.0. The van der Waals surface area contributed by atoms with Gasteiger partial charge in [-0.05, 0) is 108 Å². The molecule has 0 bridgehead atoms. The lowest BCUT2D eigenvalue weighted by atomic mass is 9.99. The van der Waals surface area contributed by atoms with Crippen molar-refractivity contribution in [3.05, 3.63) is 197 Å². The highest BCUT2D eigenvalue weighted by Gasteiger charge is 2.45. The van der Waals surface area contributed by atoms with Crippen LogP contribution in [0, 0.1) is 11.6 Å². The predicted octanol–water partition coefficient (Wildman–Crippen LogP) is 11.8. The molecule has 6 aromatic carbocycles. The standard InChI is InChI=1S/C27H22F3N3O2.C14H9BrFN.C13H14F2N2O2.2H2/c1-27(29,30)26(35)31-22-16-24(34)33(25(22)17-5-3-2-4-6-17)21-11-12-23-18(15-21)13-14-32(23)20-9-7-19(28)8-10-20;15-11-1-6-14-10(9-11)7-8-17(14)13-4-2-12(16)3-5-13;1-13(14,15)12(19)16-9-7-10(18)17-11(9)8-5-3-2-4-6-8;;/h2-15,22,25H,16H2,1H3,(H,31,35);1-9H;2-6,9,11H,7H2,1H3,(H,16,19)(H,17,18);2*1H/t22-,25+;;9-,11+;;/m0.0../s1. The van der Waals surface area contributed by atoms with Crippen molar-refractivity contribution in [3.63, 3.8) is 0 Å². The third-order valence-electron chi connectivity index (χ3n) is 12.0. The number of nitrogens with one attached hydrogen (secondary N) is 3. The van der Waals surface area contributed by atoms with Gasteiger partial charge in [0, 0.05) is 74.2 Å². The smallest absolute Gasteiger partial charge is 0.321 e. The van der Waals surface area contributed by atoms with Crippen LogP contribution in [0.3, 0.4) is 0 Å². The number of fused-ring (bicyclic) bond motifs is 2. The van der Waals surface area contributed by atoms with Gasteiger partial charge in [-0.15, -0.1) is 0 Å². The Bertz CT molecular complexity index is 3210. The van der Waals surface area contributed by atoms with E-state index in [0.717, 1.165) is 48.8 Å². The lowest BCUT2D eigenvalue weighted by molar-refractivity contribution is -0.144. The number of hydrogen-bond acceptors (Lipinski definition) is 4. The van der Waals surface area contributed by atoms with Crippen molar-refractivity contribution in [1.82, 2.24) is 25.1 Å². The van der Waals surface area contributed by atoms with Gasteiger partial charge in [-0.1, -0.05) is 76.6 Å². The summed E-state index contributed by atoms with van der Waals surface area (Å²) in [5, 5.41) is 9.29. The van der Waals surface area contributed by atoms with E-state index in [9.17, 15) is 45.5 Å². The predicted molar refractivity (Wildman–Crippen MR) is 267 cm³/mol. The van der Waals surface area contributed by atoms with Gasteiger partial charge in [-0.2, -0.15) is 17.6 Å². The van der Waals surface area contributed by atoms with Gasteiger partial charge in [0.15, 0.2) is 0 Å². The third-order valence-corrected chi connectivity index (χ3v) is 12.5. The molecule has 2 aliphatic rings. The van der Waals surface area contributed by atoms with Crippen molar-refractivity contribution in [2.45, 2.75) is 62.7 Å². The molecule has 0 radical (unpaired) electrons. The summed E-state index contributed by atoms with van der Waals surface area (Å²) in [7, 11) is 0. The van der Waals surface area contributed by atoms with E-state index in [2.05, 4.69) is 37.9 Å². The summed E-state index contributed by atoms with van der Waals surface area (Å²) >= 11 is 3.45. The second-order valence-electron chi connectivity index (χ2n) is 17.2. The number of amides is 4. The van der Waals surface area contributed by atoms with E-state index >= 15 is 0 Å². The maximum Gasteiger partial charge on any atom is 0.321 e. The molecule has 0 spiro atoms. The first-order valence-electron chi connectivity index (χ1n) is 22.3. The monoisotopic (exact) mass is 1040 g/mol. The van der Waals surface area contributed by atoms with E-state index in [1.807, 2.05) is 82.2 Å². The molecule has 4 atom stereocenters. The number of nitrogens with zero attached hydrogens (tertiary/aromatic N) is 3. The van der Waals surface area contributed by atoms with Crippen LogP contribution in [0.25, 0.3) is 33.2 Å². The SMILES string of the molecule is CC(F)(F)C(=O)N[C@H]1CC(=O)N(c2ccc3c(ccn3-c3ccc(F)cc3)c2)[C@@H]1c1ccccc1.CC(F)(F)C(=O)N[C@H]1CC(=O)N[C@@H]1c1ccccc1.Fc1ccc(-n2ccc3cc(Br)ccc32)cc1.[HH].[HH]. The molecule has 2 saturated heterocycles. The van der Waals surface area contributed by atoms with Crippen LogP contribution in [-0.4, -0.2) is 56.7 Å². The minimum Gasteiger partial charge on any atom is -0.347 e. The highest BCUT2D eigenvalue weighted by Crippen LogP contribution is 2.39. The van der Waals surface area contributed by atoms with E-state index in [0.29, 0.717) is 19.5 Å². The fraction of sp³-hybridized carbons (Fsp3) is 0.185. The molecule has 2 fully saturated rings. The first-order valence-corrected chi connectivity index (χ1v) is 23.1. The van der Waals surface area contributed by atoms with E-state index < -0.39 is 47.8 Å². The van der Waals surface area contributed by atoms with Gasteiger partial charge in [0.2, 0.25) is 11.8 Å². The van der Waals surface area contributed by atoms with Crippen LogP contribution in [0.15, 0.2) is 175 Å². The van der Waals surface area contributed by atoms with Crippen LogP contribution >= 0.6 is 15.9 Å². The van der Waals surface area contributed by atoms with Crippen LogP contribution in [0.2, 0.25) is 0 Å². The molecular formula is C54H49BrF6N6O4. The molecule has 10 rings (SSSR count). The molecule has 0 unspecified atom stereocenters. The Morgan fingerprint density at radius 3 is 1.58 bits per heavy atom. The molecular weight excluding hydrogens is 991 g/mol. The maximum atomic E-state index is 13.6. The number of anilines is 1. The first-order chi connectivity index (χ1) is 33.8. The van der Waals surface area contributed by atoms with Gasteiger partial charge < -0.3 is 30.0 Å². The highest BCUT2D eigenvalue weighted by molar-refractivity contribution is 9.10. The van der Waals surface area contributed by atoms with Crippen molar-refractivity contribution in [2.24, 2.45) is 0 Å². The molecule has 2 aromatic heterocycles. The van der Waals surface area contributed by atoms with Crippen molar-refractivity contribution in [2.75, 3.05) is 4.90 Å². The largest absolute Gasteiger partial charge is 0.347 e. The number of carbonyl (C=O) groups is 4. The molecule has 8 aromatic rings. The van der Waals surface area contributed by atoms with E-state index in [1.54, 1.807) is 71.6 Å². The van der Waals surface area contributed by atoms with Crippen LogP contribution in [0.5, 0.6) is 0 Å². The van der Waals surface area contributed by atoms with Crippen molar-refractivity contribution < 1.29 is 48.4 Å². The van der Waals surface area contributed by atoms with Crippen molar-refractivity contribution in [3.8, 4) is 11.4 Å². The molecule has 368 valence electrons. The van der Waals surface area contributed by atoms with E-state index in [4.69, 9.17) is 0 Å². The van der Waals surface area contributed by atoms with Crippen LogP contribution in [0.4, 0.5) is 32.0 Å². The molecule has 2 aliphatic heterocycles. The van der Waals surface area contributed by atoms with Crippen LogP contribution in [0.1, 0.15) is 52.8 Å². The fourth-order valence-electron chi connectivity index (χ4n) is 8.60. The second-order valence-corrected chi connectivity index (χ2v) is 18.1. The number of hydrogen-bond donors (Lipinski definition) is 3. The Kier molecular flexibility index (Phi) is 14.5. The molecule has 4 amide bonds. The van der Waals surface area contributed by atoms with Gasteiger partial charge >= 0.3 is 11.8 Å². The maximum absolute atomic E-state index is 13.6. The van der Waals surface area contributed by atoms with Crippen LogP contribution < -0.4 is 20.9 Å². The van der Waals surface area contributed by atoms with Crippen molar-refractivity contribution in [1.29, 1.82) is 0 Å². The molecule has 10 nitrogen and oxygen atoms in total. The summed E-state index contributed by atoms with van der Waals surface area (Å²) in [6.45, 7) is 1.07. The zero-order chi connectivity index (χ0) is 50.6. The average molecular weight is 1040 g/mol. The minimum atomic E-state index is -3.56. The van der Waals surface area contributed by atoms with Gasteiger partial charge in [-0.3, -0.25) is 19.2 Å². The number of carbonyl (C=O) groups excluding carboxylic acids is 4. The zero-order valence-corrected chi connectivity index (χ0v) is 39.6. The Hall–Kier alpha value is -7.66. The van der Waals surface area contributed by atoms with E-state index in [1.165, 1.54) is 24.3 Å². The van der Waals surface area contributed by atoms with Gasteiger partial charge in [-0.25, -0.2) is 8.78 Å². The molecule has 3 N–H and O–H groups in total. The van der Waals surface area contributed by atoms with Crippen molar-refractivity contribution >= 4 is 67.1 Å². The quantitative estimate of drug-likeness (QED) is 0.125. The number of aromatic nitrogens is 2. The van der Waals surface area contributed by atoms with Gasteiger partial charge in [0.25, 0.3) is 11.8 Å². The fourth-order valence-corrected chi connectivity index (χ4v) is 8.98. The Labute approximate surface area is 415 Å². The summed E-state index contributed by atoms with van der Waals surface area (Å²) in [5.74, 6) is -10.9. The second kappa shape index (κ2) is 20.7. The molecule has 17 heteroatoms. The summed E-state index contributed by atoms with van der Waals surface area (Å²) in [6.07, 6.45) is 3.75. The lowest BCUT2D eigenvalue weighted by Gasteiger charge is -2.29. The van der Waals surface area contributed by atoms with Gasteiger partial charge in [0.1, 0.15) is 11.6 Å². The Balaban J connectivity index is 0.000000193. The Morgan fingerprint density at radius 1 is 0.592 bits per heavy atom. The number of rotatable bonds is 9. The van der Waals surface area contributed by atoms with E-state index in [-0.39, 0.29) is 39.1 Å². The topological polar surface area (TPSA) is 117 Å². The molecule has 4 heterocycles. The van der Waals surface area contributed by atoms with Gasteiger partial charge in [0.05, 0.1) is 35.2 Å². The molecule has 0 saturated carbocycles. The summed E-state index contributed by atoms with van der Waals surface area (Å²) in [5.41, 5.74) is 5.82. The average Bonchev–Trinajstić information content (AvgIpc) is 4.13. The molecule has 71 heavy (non-hydrogen) atoms. The number of benzene rings is 6. The normalized spacial score (nSPS) is 17.8. The highest BCUT2D eigenvalue weighted by atomic mass is 79.9. The summed E-state index contributed by atoms with van der Waals surface area (Å²) in [6, 6.07) is 43.5.